The zero-order chi connectivity index (χ0) is 24.1. The van der Waals surface area contributed by atoms with E-state index in [1.165, 1.54) is 0 Å². The van der Waals surface area contributed by atoms with Gasteiger partial charge in [0.15, 0.2) is 5.69 Å². The number of aromatic hydroxyl groups is 1. The molecule has 0 bridgehead atoms. The Balaban J connectivity index is 1.55. The van der Waals surface area contributed by atoms with Crippen LogP contribution in [0.2, 0.25) is 0 Å². The van der Waals surface area contributed by atoms with Crippen LogP contribution in [0.1, 0.15) is 23.0 Å². The molecule has 3 heterocycles. The highest BCUT2D eigenvalue weighted by Gasteiger charge is 2.25. The molecule has 8 nitrogen and oxygen atoms in total. The lowest BCUT2D eigenvalue weighted by Crippen LogP contribution is -2.01. The van der Waals surface area contributed by atoms with Gasteiger partial charge in [0.1, 0.15) is 11.4 Å². The van der Waals surface area contributed by atoms with Crippen LogP contribution in [0.25, 0.3) is 39.0 Å². The molecule has 6 aromatic rings. The highest BCUT2D eigenvalue weighted by Crippen LogP contribution is 2.37. The van der Waals surface area contributed by atoms with E-state index < -0.39 is 5.91 Å². The number of H-pyrrole nitrogens is 1. The van der Waals surface area contributed by atoms with E-state index in [1.54, 1.807) is 0 Å². The number of aryl methyl sites for hydroxylation is 2. The molecule has 0 fully saturated rings. The number of aromatic amines is 1. The third-order valence-electron chi connectivity index (χ3n) is 6.36. The summed E-state index contributed by atoms with van der Waals surface area (Å²) in [6.45, 7) is 2.05. The Morgan fingerprint density at radius 2 is 1.77 bits per heavy atom. The predicted molar refractivity (Wildman–Crippen MR) is 135 cm³/mol. The summed E-state index contributed by atoms with van der Waals surface area (Å²) in [5, 5.41) is 19.4. The SMILES string of the molecule is CCc1ccc2[nH]c(O)c(N=NC(=O)c3c(-c4ccccc4)nc4n(C)c5ccccc5n34)c2c1. The van der Waals surface area contributed by atoms with Crippen LogP contribution < -0.4 is 0 Å². The third kappa shape index (κ3) is 3.22. The molecule has 0 aliphatic carbocycles. The van der Waals surface area contributed by atoms with Gasteiger partial charge in [-0.3, -0.25) is 9.20 Å². The second kappa shape index (κ2) is 7.95. The van der Waals surface area contributed by atoms with E-state index in [4.69, 9.17) is 4.98 Å². The van der Waals surface area contributed by atoms with E-state index in [0.717, 1.165) is 34.1 Å². The molecule has 0 saturated carbocycles. The monoisotopic (exact) mass is 462 g/mol. The van der Waals surface area contributed by atoms with Crippen molar-refractivity contribution in [2.45, 2.75) is 13.3 Å². The lowest BCUT2D eigenvalue weighted by Gasteiger charge is -2.02. The average molecular weight is 463 g/mol. The second-order valence-electron chi connectivity index (χ2n) is 8.42. The number of carbonyl (C=O) groups excluding carboxylic acids is 1. The Morgan fingerprint density at radius 3 is 2.54 bits per heavy atom. The van der Waals surface area contributed by atoms with Crippen molar-refractivity contribution in [3.8, 4) is 17.1 Å². The van der Waals surface area contributed by atoms with Crippen molar-refractivity contribution in [3.63, 3.8) is 0 Å². The van der Waals surface area contributed by atoms with Crippen LogP contribution in [0.5, 0.6) is 5.88 Å². The van der Waals surface area contributed by atoms with Crippen molar-refractivity contribution < 1.29 is 9.90 Å². The smallest absolute Gasteiger partial charge is 0.314 e. The van der Waals surface area contributed by atoms with Gasteiger partial charge in [-0.2, -0.15) is 0 Å². The molecular weight excluding hydrogens is 440 g/mol. The van der Waals surface area contributed by atoms with Crippen LogP contribution in [0.4, 0.5) is 5.69 Å². The topological polar surface area (TPSA) is 100 Å². The molecule has 0 radical (unpaired) electrons. The van der Waals surface area contributed by atoms with Crippen molar-refractivity contribution in [1.82, 2.24) is 18.9 Å². The Labute approximate surface area is 200 Å². The Morgan fingerprint density at radius 1 is 1.03 bits per heavy atom. The maximum absolute atomic E-state index is 13.6. The summed E-state index contributed by atoms with van der Waals surface area (Å²) in [6, 6.07) is 23.2. The molecule has 2 N–H and O–H groups in total. The highest BCUT2D eigenvalue weighted by atomic mass is 16.3. The van der Waals surface area contributed by atoms with Gasteiger partial charge in [0.2, 0.25) is 11.7 Å². The number of nitrogens with zero attached hydrogens (tertiary/aromatic N) is 5. The maximum atomic E-state index is 13.6. The summed E-state index contributed by atoms with van der Waals surface area (Å²) < 4.78 is 3.77. The lowest BCUT2D eigenvalue weighted by atomic mass is 10.1. The molecule has 3 aromatic carbocycles. The van der Waals surface area contributed by atoms with Crippen molar-refractivity contribution in [2.24, 2.45) is 17.3 Å². The first-order chi connectivity index (χ1) is 17.1. The van der Waals surface area contributed by atoms with Gasteiger partial charge in [-0.1, -0.05) is 55.5 Å². The van der Waals surface area contributed by atoms with E-state index in [9.17, 15) is 9.90 Å². The number of imidazole rings is 2. The van der Waals surface area contributed by atoms with Gasteiger partial charge in [0, 0.05) is 18.0 Å². The van der Waals surface area contributed by atoms with Crippen LogP contribution in [0, 0.1) is 0 Å². The second-order valence-corrected chi connectivity index (χ2v) is 8.42. The van der Waals surface area contributed by atoms with E-state index in [2.05, 4.69) is 22.1 Å². The number of benzene rings is 3. The first kappa shape index (κ1) is 20.9. The van der Waals surface area contributed by atoms with Gasteiger partial charge >= 0.3 is 5.91 Å². The molecule has 0 spiro atoms. The Kier molecular flexibility index (Phi) is 4.74. The molecule has 0 saturated heterocycles. The zero-order valence-corrected chi connectivity index (χ0v) is 19.2. The van der Waals surface area contributed by atoms with Gasteiger partial charge in [-0.15, -0.1) is 10.2 Å². The number of azo groups is 1. The molecule has 0 aliphatic rings. The number of amides is 1. The number of nitrogens with one attached hydrogen (secondary N) is 1. The van der Waals surface area contributed by atoms with Crippen LogP contribution in [-0.2, 0) is 13.5 Å². The van der Waals surface area contributed by atoms with E-state index >= 15 is 0 Å². The van der Waals surface area contributed by atoms with Gasteiger partial charge < -0.3 is 14.7 Å². The minimum atomic E-state index is -0.548. The quantitative estimate of drug-likeness (QED) is 0.307. The Bertz CT molecular complexity index is 1770. The third-order valence-corrected chi connectivity index (χ3v) is 6.36. The maximum Gasteiger partial charge on any atom is 0.314 e. The number of hydrogen-bond donors (Lipinski definition) is 2. The summed E-state index contributed by atoms with van der Waals surface area (Å²) >= 11 is 0. The highest BCUT2D eigenvalue weighted by molar-refractivity contribution is 6.02. The minimum Gasteiger partial charge on any atom is -0.493 e. The molecular formula is C27H22N6O2. The van der Waals surface area contributed by atoms with E-state index in [1.807, 2.05) is 88.8 Å². The van der Waals surface area contributed by atoms with Crippen LogP contribution in [-0.4, -0.2) is 29.9 Å². The molecule has 172 valence electrons. The number of aromatic nitrogens is 4. The minimum absolute atomic E-state index is 0.128. The number of carbonyl (C=O) groups is 1. The van der Waals surface area contributed by atoms with Crippen molar-refractivity contribution in [3.05, 3.63) is 84.1 Å². The van der Waals surface area contributed by atoms with Crippen molar-refractivity contribution >= 4 is 39.3 Å². The fourth-order valence-electron chi connectivity index (χ4n) is 4.58. The normalized spacial score (nSPS) is 11.9. The number of fused-ring (bicyclic) bond motifs is 4. The zero-order valence-electron chi connectivity index (χ0n) is 19.2. The number of hydrogen-bond acceptors (Lipinski definition) is 4. The molecule has 0 unspecified atom stereocenters. The molecule has 3 aromatic heterocycles. The van der Waals surface area contributed by atoms with E-state index in [0.29, 0.717) is 22.6 Å². The lowest BCUT2D eigenvalue weighted by molar-refractivity contribution is 0.0990. The molecule has 35 heavy (non-hydrogen) atoms. The average Bonchev–Trinajstić information content (AvgIpc) is 3.52. The van der Waals surface area contributed by atoms with Crippen molar-refractivity contribution in [1.29, 1.82) is 0 Å². The fourth-order valence-corrected chi connectivity index (χ4v) is 4.58. The van der Waals surface area contributed by atoms with Crippen molar-refractivity contribution in [2.75, 3.05) is 0 Å². The van der Waals surface area contributed by atoms with Gasteiger partial charge in [0.25, 0.3) is 0 Å². The largest absolute Gasteiger partial charge is 0.493 e. The molecule has 8 heteroatoms. The summed E-state index contributed by atoms with van der Waals surface area (Å²) in [4.78, 5) is 21.3. The number of para-hydroxylation sites is 2. The van der Waals surface area contributed by atoms with Gasteiger partial charge in [0.05, 0.1) is 16.6 Å². The summed E-state index contributed by atoms with van der Waals surface area (Å²) in [5.74, 6) is -0.0455. The molecule has 6 rings (SSSR count). The first-order valence-corrected chi connectivity index (χ1v) is 11.4. The van der Waals surface area contributed by atoms with Crippen LogP contribution >= 0.6 is 0 Å². The molecule has 0 aliphatic heterocycles. The summed E-state index contributed by atoms with van der Waals surface area (Å²) in [6.07, 6.45) is 0.840. The summed E-state index contributed by atoms with van der Waals surface area (Å²) in [7, 11) is 1.92. The van der Waals surface area contributed by atoms with Gasteiger partial charge in [-0.05, 0) is 36.2 Å². The standard InChI is InChI=1S/C27H22N6O2/c1-3-16-13-14-19-18(15-16)23(25(34)28-19)30-31-26(35)24-22(17-9-5-4-6-10-17)29-27-32(2)20-11-7-8-12-21(20)33(24)27/h4-15,28,34H,3H2,1-2H3. The van der Waals surface area contributed by atoms with Crippen LogP contribution in [0.3, 0.4) is 0 Å². The predicted octanol–water partition coefficient (Wildman–Crippen LogP) is 6.17. The fraction of sp³-hybridized carbons (Fsp3) is 0.111. The number of rotatable bonds is 4. The molecule has 0 atom stereocenters. The first-order valence-electron chi connectivity index (χ1n) is 11.4. The van der Waals surface area contributed by atoms with Gasteiger partial charge in [-0.25, -0.2) is 4.98 Å². The van der Waals surface area contributed by atoms with E-state index in [-0.39, 0.29) is 11.6 Å². The van der Waals surface area contributed by atoms with Crippen LogP contribution in [0.15, 0.2) is 83.0 Å². The summed E-state index contributed by atoms with van der Waals surface area (Å²) in [5.41, 5.74) is 5.51. The Hall–Kier alpha value is -4.72. The molecule has 1 amide bonds.